The fraction of sp³-hybridized carbons (Fsp3) is 0.727. The van der Waals surface area contributed by atoms with Gasteiger partial charge in [-0.1, -0.05) is 6.92 Å². The highest BCUT2D eigenvalue weighted by atomic mass is 16.2. The van der Waals surface area contributed by atoms with Crippen LogP contribution in [0.5, 0.6) is 0 Å². The van der Waals surface area contributed by atoms with Crippen LogP contribution in [0, 0.1) is 0 Å². The lowest BCUT2D eigenvalue weighted by atomic mass is 10.0. The predicted molar refractivity (Wildman–Crippen MR) is 59.6 cm³/mol. The van der Waals surface area contributed by atoms with Crippen LogP contribution in [-0.2, 0) is 11.8 Å². The molecule has 0 saturated carbocycles. The van der Waals surface area contributed by atoms with Gasteiger partial charge in [-0.25, -0.2) is 0 Å². The van der Waals surface area contributed by atoms with E-state index in [9.17, 15) is 4.79 Å². The minimum Gasteiger partial charge on any atom is -0.332 e. The molecular weight excluding hydrogens is 204 g/mol. The van der Waals surface area contributed by atoms with Crippen molar-refractivity contribution in [3.63, 3.8) is 0 Å². The first-order valence-electron chi connectivity index (χ1n) is 5.87. The van der Waals surface area contributed by atoms with Crippen LogP contribution < -0.4 is 0 Å². The van der Waals surface area contributed by atoms with Gasteiger partial charge in [0.1, 0.15) is 6.33 Å². The van der Waals surface area contributed by atoms with Gasteiger partial charge in [-0.05, 0) is 19.3 Å². The maximum absolute atomic E-state index is 11.9. The van der Waals surface area contributed by atoms with Crippen LogP contribution in [0.3, 0.4) is 0 Å². The zero-order valence-corrected chi connectivity index (χ0v) is 9.89. The van der Waals surface area contributed by atoms with Crippen LogP contribution >= 0.6 is 0 Å². The smallest absolute Gasteiger partial charge is 0.222 e. The highest BCUT2D eigenvalue weighted by Crippen LogP contribution is 2.29. The lowest BCUT2D eigenvalue weighted by Crippen LogP contribution is -2.39. The summed E-state index contributed by atoms with van der Waals surface area (Å²) in [6.07, 6.45) is 5.51. The highest BCUT2D eigenvalue weighted by molar-refractivity contribution is 5.76. The van der Waals surface area contributed by atoms with Gasteiger partial charge in [0.05, 0.1) is 6.04 Å². The number of rotatable bonds is 2. The van der Waals surface area contributed by atoms with E-state index >= 15 is 0 Å². The Morgan fingerprint density at radius 3 is 3.00 bits per heavy atom. The third kappa shape index (κ3) is 1.94. The van der Waals surface area contributed by atoms with Crippen LogP contribution in [0.25, 0.3) is 0 Å². The second-order valence-electron chi connectivity index (χ2n) is 4.25. The Balaban J connectivity index is 2.23. The number of aromatic nitrogens is 3. The van der Waals surface area contributed by atoms with E-state index in [1.807, 2.05) is 23.4 Å². The molecule has 1 amide bonds. The van der Waals surface area contributed by atoms with Crippen LogP contribution in [0.15, 0.2) is 6.33 Å². The van der Waals surface area contributed by atoms with E-state index in [0.717, 1.165) is 31.6 Å². The van der Waals surface area contributed by atoms with Gasteiger partial charge in [-0.15, -0.1) is 10.2 Å². The number of carbonyl (C=O) groups excluding carboxylic acids is 1. The average Bonchev–Trinajstić information content (AvgIpc) is 2.74. The van der Waals surface area contributed by atoms with Gasteiger partial charge in [-0.2, -0.15) is 0 Å². The first kappa shape index (κ1) is 11.1. The van der Waals surface area contributed by atoms with Crippen molar-refractivity contribution in [2.24, 2.45) is 7.05 Å². The van der Waals surface area contributed by atoms with Gasteiger partial charge in [-0.3, -0.25) is 4.79 Å². The van der Waals surface area contributed by atoms with Crippen LogP contribution in [0.1, 0.15) is 44.5 Å². The van der Waals surface area contributed by atoms with Crippen LogP contribution in [0.2, 0.25) is 0 Å². The average molecular weight is 222 g/mol. The molecule has 16 heavy (non-hydrogen) atoms. The molecule has 1 aliphatic heterocycles. The van der Waals surface area contributed by atoms with E-state index < -0.39 is 0 Å². The summed E-state index contributed by atoms with van der Waals surface area (Å²) >= 11 is 0. The van der Waals surface area contributed by atoms with Crippen LogP contribution in [0.4, 0.5) is 0 Å². The molecule has 0 bridgehead atoms. The summed E-state index contributed by atoms with van der Waals surface area (Å²) in [4.78, 5) is 13.8. The number of carbonyl (C=O) groups is 1. The summed E-state index contributed by atoms with van der Waals surface area (Å²) in [6, 6.07) is 0.119. The molecule has 1 aromatic heterocycles. The first-order valence-corrected chi connectivity index (χ1v) is 5.87. The second-order valence-corrected chi connectivity index (χ2v) is 4.25. The maximum Gasteiger partial charge on any atom is 0.222 e. The van der Waals surface area contributed by atoms with E-state index in [1.165, 1.54) is 0 Å². The van der Waals surface area contributed by atoms with Crippen molar-refractivity contribution in [2.45, 2.75) is 38.6 Å². The molecule has 1 atom stereocenters. The molecular formula is C11H18N4O. The number of likely N-dealkylation sites (tertiary alicyclic amines) is 1. The Kier molecular flexibility index (Phi) is 3.22. The van der Waals surface area contributed by atoms with Crippen molar-refractivity contribution < 1.29 is 4.79 Å². The third-order valence-electron chi connectivity index (χ3n) is 3.17. The summed E-state index contributed by atoms with van der Waals surface area (Å²) in [7, 11) is 1.93. The molecule has 0 aromatic carbocycles. The number of hydrogen-bond donors (Lipinski definition) is 0. The molecule has 2 rings (SSSR count). The topological polar surface area (TPSA) is 51.0 Å². The van der Waals surface area contributed by atoms with Gasteiger partial charge < -0.3 is 9.47 Å². The number of nitrogens with zero attached hydrogens (tertiary/aromatic N) is 4. The molecule has 0 radical (unpaired) electrons. The standard InChI is InChI=1S/C11H18N4O/c1-3-10(16)15-7-5-4-6-9(15)11-13-12-8-14(11)2/h8-9H,3-7H2,1-2H3. The Labute approximate surface area is 95.5 Å². The molecule has 0 aliphatic carbocycles. The molecule has 5 nitrogen and oxygen atoms in total. The second kappa shape index (κ2) is 4.63. The molecule has 0 N–H and O–H groups in total. The largest absolute Gasteiger partial charge is 0.332 e. The summed E-state index contributed by atoms with van der Waals surface area (Å²) in [5.74, 6) is 1.12. The molecule has 5 heteroatoms. The van der Waals surface area contributed by atoms with E-state index in [0.29, 0.717) is 6.42 Å². The molecule has 2 heterocycles. The van der Waals surface area contributed by atoms with E-state index in [4.69, 9.17) is 0 Å². The zero-order chi connectivity index (χ0) is 11.5. The van der Waals surface area contributed by atoms with E-state index in [2.05, 4.69) is 10.2 Å². The normalized spacial score (nSPS) is 21.1. The zero-order valence-electron chi connectivity index (χ0n) is 9.89. The van der Waals surface area contributed by atoms with Crippen molar-refractivity contribution in [3.05, 3.63) is 12.2 Å². The van der Waals surface area contributed by atoms with Crippen molar-refractivity contribution in [1.82, 2.24) is 19.7 Å². The summed E-state index contributed by atoms with van der Waals surface area (Å²) in [5, 5.41) is 8.02. The number of amides is 1. The minimum atomic E-state index is 0.119. The Hall–Kier alpha value is -1.39. The minimum absolute atomic E-state index is 0.119. The monoisotopic (exact) mass is 222 g/mol. The fourth-order valence-electron chi connectivity index (χ4n) is 2.30. The SMILES string of the molecule is CCC(=O)N1CCCCC1c1nncn1C. The summed E-state index contributed by atoms with van der Waals surface area (Å²) in [5.41, 5.74) is 0. The molecule has 1 aromatic rings. The summed E-state index contributed by atoms with van der Waals surface area (Å²) in [6.45, 7) is 2.76. The van der Waals surface area contributed by atoms with Gasteiger partial charge in [0.25, 0.3) is 0 Å². The van der Waals surface area contributed by atoms with Gasteiger partial charge >= 0.3 is 0 Å². The van der Waals surface area contributed by atoms with Crippen molar-refractivity contribution in [1.29, 1.82) is 0 Å². The molecule has 1 unspecified atom stereocenters. The lowest BCUT2D eigenvalue weighted by Gasteiger charge is -2.34. The fourth-order valence-corrected chi connectivity index (χ4v) is 2.30. The summed E-state index contributed by atoms with van der Waals surface area (Å²) < 4.78 is 1.91. The molecule has 1 fully saturated rings. The Morgan fingerprint density at radius 2 is 2.38 bits per heavy atom. The third-order valence-corrected chi connectivity index (χ3v) is 3.17. The van der Waals surface area contributed by atoms with Gasteiger partial charge in [0.15, 0.2) is 5.82 Å². The Bertz CT molecular complexity index is 374. The lowest BCUT2D eigenvalue weighted by molar-refractivity contribution is -0.135. The van der Waals surface area contributed by atoms with Crippen LogP contribution in [-0.4, -0.2) is 32.1 Å². The quantitative estimate of drug-likeness (QED) is 0.757. The Morgan fingerprint density at radius 1 is 1.56 bits per heavy atom. The van der Waals surface area contributed by atoms with Crippen molar-refractivity contribution in [2.75, 3.05) is 6.54 Å². The van der Waals surface area contributed by atoms with Crippen molar-refractivity contribution in [3.8, 4) is 0 Å². The molecule has 88 valence electrons. The molecule has 1 saturated heterocycles. The van der Waals surface area contributed by atoms with Gasteiger partial charge in [0.2, 0.25) is 5.91 Å². The number of hydrogen-bond acceptors (Lipinski definition) is 3. The molecule has 0 spiro atoms. The van der Waals surface area contributed by atoms with E-state index in [-0.39, 0.29) is 11.9 Å². The highest BCUT2D eigenvalue weighted by Gasteiger charge is 2.29. The maximum atomic E-state index is 11.9. The van der Waals surface area contributed by atoms with Gasteiger partial charge in [0, 0.05) is 20.0 Å². The first-order chi connectivity index (χ1) is 7.74. The number of piperidine rings is 1. The predicted octanol–water partition coefficient (Wildman–Crippen LogP) is 1.28. The van der Waals surface area contributed by atoms with E-state index in [1.54, 1.807) is 6.33 Å². The molecule has 1 aliphatic rings. The number of aryl methyl sites for hydroxylation is 1. The van der Waals surface area contributed by atoms with Crippen molar-refractivity contribution >= 4 is 5.91 Å².